The van der Waals surface area contributed by atoms with Crippen molar-refractivity contribution < 1.29 is 22.7 Å². The number of methoxy groups -OCH3 is 1. The van der Waals surface area contributed by atoms with Crippen molar-refractivity contribution in [3.05, 3.63) is 53.3 Å². The standard InChI is InChI=1S/C14H11F3N2O2/c1-21-10-4-2-3-7(13(10)18)14(20)19-9-6-5-8(15)11(16)12(9)17/h2-6H,18H2,1H3,(H,19,20). The fraction of sp³-hybridized carbons (Fsp3) is 0.0714. The van der Waals surface area contributed by atoms with Crippen LogP contribution in [0.25, 0.3) is 0 Å². The van der Waals surface area contributed by atoms with E-state index < -0.39 is 29.0 Å². The minimum absolute atomic E-state index is 0.0264. The van der Waals surface area contributed by atoms with Gasteiger partial charge in [0.15, 0.2) is 17.5 Å². The van der Waals surface area contributed by atoms with Gasteiger partial charge in [0.2, 0.25) is 0 Å². The van der Waals surface area contributed by atoms with Gasteiger partial charge in [-0.15, -0.1) is 0 Å². The smallest absolute Gasteiger partial charge is 0.257 e. The molecule has 0 radical (unpaired) electrons. The van der Waals surface area contributed by atoms with Gasteiger partial charge in [0.25, 0.3) is 5.91 Å². The fourth-order valence-electron chi connectivity index (χ4n) is 1.73. The number of anilines is 2. The Morgan fingerprint density at radius 1 is 1.14 bits per heavy atom. The number of halogens is 3. The zero-order valence-corrected chi connectivity index (χ0v) is 10.9. The summed E-state index contributed by atoms with van der Waals surface area (Å²) in [5, 5.41) is 2.13. The van der Waals surface area contributed by atoms with Crippen molar-refractivity contribution in [2.24, 2.45) is 0 Å². The van der Waals surface area contributed by atoms with Crippen molar-refractivity contribution in [1.29, 1.82) is 0 Å². The van der Waals surface area contributed by atoms with E-state index in [0.29, 0.717) is 6.07 Å². The highest BCUT2D eigenvalue weighted by molar-refractivity contribution is 6.08. The number of hydrogen-bond acceptors (Lipinski definition) is 3. The Bertz CT molecular complexity index is 705. The first-order valence-corrected chi connectivity index (χ1v) is 5.83. The number of nitrogens with one attached hydrogen (secondary N) is 1. The molecule has 0 aliphatic carbocycles. The Labute approximate surface area is 118 Å². The normalized spacial score (nSPS) is 10.3. The number of para-hydroxylation sites is 1. The minimum atomic E-state index is -1.66. The molecule has 2 aromatic carbocycles. The Kier molecular flexibility index (Phi) is 4.02. The summed E-state index contributed by atoms with van der Waals surface area (Å²) >= 11 is 0. The predicted octanol–water partition coefficient (Wildman–Crippen LogP) is 2.95. The molecule has 0 heterocycles. The molecule has 4 nitrogen and oxygen atoms in total. The van der Waals surface area contributed by atoms with Crippen LogP contribution in [-0.4, -0.2) is 13.0 Å². The van der Waals surface area contributed by atoms with Gasteiger partial charge in [0.05, 0.1) is 24.0 Å². The van der Waals surface area contributed by atoms with Crippen molar-refractivity contribution in [1.82, 2.24) is 0 Å². The second kappa shape index (κ2) is 5.74. The van der Waals surface area contributed by atoms with Crippen LogP contribution in [0.4, 0.5) is 24.5 Å². The van der Waals surface area contributed by atoms with E-state index in [0.717, 1.165) is 6.07 Å². The predicted molar refractivity (Wildman–Crippen MR) is 71.7 cm³/mol. The number of hydrogen-bond donors (Lipinski definition) is 2. The lowest BCUT2D eigenvalue weighted by Gasteiger charge is -2.11. The summed E-state index contributed by atoms with van der Waals surface area (Å²) in [5.41, 5.74) is 5.32. The van der Waals surface area contributed by atoms with Crippen LogP contribution in [0.1, 0.15) is 10.4 Å². The average Bonchev–Trinajstić information content (AvgIpc) is 2.48. The van der Waals surface area contributed by atoms with Crippen molar-refractivity contribution in [2.75, 3.05) is 18.2 Å². The highest BCUT2D eigenvalue weighted by Gasteiger charge is 2.18. The van der Waals surface area contributed by atoms with Gasteiger partial charge in [-0.25, -0.2) is 13.2 Å². The van der Waals surface area contributed by atoms with Crippen LogP contribution in [0.5, 0.6) is 5.75 Å². The Hall–Kier alpha value is -2.70. The van der Waals surface area contributed by atoms with E-state index in [1.807, 2.05) is 0 Å². The van der Waals surface area contributed by atoms with Crippen LogP contribution in [0, 0.1) is 17.5 Å². The molecule has 0 spiro atoms. The van der Waals surface area contributed by atoms with Gasteiger partial charge in [-0.05, 0) is 24.3 Å². The highest BCUT2D eigenvalue weighted by Crippen LogP contribution is 2.26. The summed E-state index contributed by atoms with van der Waals surface area (Å²) in [7, 11) is 1.38. The molecule has 0 saturated heterocycles. The van der Waals surface area contributed by atoms with Gasteiger partial charge in [-0.1, -0.05) is 6.07 Å². The number of nitrogens with two attached hydrogens (primary N) is 1. The maximum absolute atomic E-state index is 13.5. The van der Waals surface area contributed by atoms with Crippen LogP contribution in [-0.2, 0) is 0 Å². The molecule has 21 heavy (non-hydrogen) atoms. The van der Waals surface area contributed by atoms with Gasteiger partial charge < -0.3 is 15.8 Å². The van der Waals surface area contributed by atoms with Crippen molar-refractivity contribution >= 4 is 17.3 Å². The van der Waals surface area contributed by atoms with Gasteiger partial charge in [-0.3, -0.25) is 4.79 Å². The summed E-state index contributed by atoms with van der Waals surface area (Å²) in [6.45, 7) is 0. The molecule has 0 aliphatic rings. The van der Waals surface area contributed by atoms with E-state index in [1.165, 1.54) is 19.2 Å². The molecule has 7 heteroatoms. The molecule has 1 amide bonds. The average molecular weight is 296 g/mol. The Balaban J connectivity index is 2.33. The van der Waals surface area contributed by atoms with Crippen molar-refractivity contribution in [3.8, 4) is 5.75 Å². The summed E-state index contributed by atoms with van der Waals surface area (Å²) in [4.78, 5) is 12.0. The van der Waals surface area contributed by atoms with E-state index >= 15 is 0 Å². The van der Waals surface area contributed by atoms with E-state index in [9.17, 15) is 18.0 Å². The highest BCUT2D eigenvalue weighted by atomic mass is 19.2. The van der Waals surface area contributed by atoms with Crippen molar-refractivity contribution in [3.63, 3.8) is 0 Å². The van der Waals surface area contributed by atoms with E-state index in [-0.39, 0.29) is 17.0 Å². The van der Waals surface area contributed by atoms with Gasteiger partial charge in [-0.2, -0.15) is 0 Å². The van der Waals surface area contributed by atoms with Gasteiger partial charge >= 0.3 is 0 Å². The van der Waals surface area contributed by atoms with Crippen LogP contribution < -0.4 is 15.8 Å². The third kappa shape index (κ3) is 2.76. The number of ether oxygens (including phenoxy) is 1. The molecule has 2 rings (SSSR count). The zero-order chi connectivity index (χ0) is 15.6. The number of carbonyl (C=O) groups is 1. The topological polar surface area (TPSA) is 64.3 Å². The summed E-state index contributed by atoms with van der Waals surface area (Å²) in [6, 6.07) is 6.09. The second-order valence-corrected chi connectivity index (χ2v) is 4.10. The Morgan fingerprint density at radius 2 is 1.86 bits per heavy atom. The summed E-state index contributed by atoms with van der Waals surface area (Å²) in [6.07, 6.45) is 0. The molecule has 0 atom stereocenters. The lowest BCUT2D eigenvalue weighted by molar-refractivity contribution is 0.102. The quantitative estimate of drug-likeness (QED) is 0.676. The molecule has 0 saturated carbocycles. The number of benzene rings is 2. The number of rotatable bonds is 3. The molecule has 3 N–H and O–H groups in total. The molecule has 2 aromatic rings. The number of nitrogen functional groups attached to an aromatic ring is 1. The van der Waals surface area contributed by atoms with Crippen LogP contribution in [0.3, 0.4) is 0 Å². The van der Waals surface area contributed by atoms with Crippen LogP contribution in [0.2, 0.25) is 0 Å². The molecule has 0 aliphatic heterocycles. The lowest BCUT2D eigenvalue weighted by Crippen LogP contribution is -2.16. The van der Waals surface area contributed by atoms with Crippen LogP contribution in [0.15, 0.2) is 30.3 Å². The third-order valence-corrected chi connectivity index (χ3v) is 2.81. The molecule has 0 fully saturated rings. The Morgan fingerprint density at radius 3 is 2.52 bits per heavy atom. The minimum Gasteiger partial charge on any atom is -0.495 e. The van der Waals surface area contributed by atoms with Gasteiger partial charge in [0, 0.05) is 0 Å². The van der Waals surface area contributed by atoms with E-state index in [2.05, 4.69) is 5.32 Å². The number of amides is 1. The summed E-state index contributed by atoms with van der Waals surface area (Å²) in [5.74, 6) is -4.98. The molecular weight excluding hydrogens is 285 g/mol. The molecular formula is C14H11F3N2O2. The van der Waals surface area contributed by atoms with Gasteiger partial charge in [0.1, 0.15) is 5.75 Å². The van der Waals surface area contributed by atoms with Crippen molar-refractivity contribution in [2.45, 2.75) is 0 Å². The first kappa shape index (κ1) is 14.7. The maximum Gasteiger partial charge on any atom is 0.257 e. The van der Waals surface area contributed by atoms with E-state index in [4.69, 9.17) is 10.5 Å². The largest absolute Gasteiger partial charge is 0.495 e. The molecule has 0 aromatic heterocycles. The zero-order valence-electron chi connectivity index (χ0n) is 10.9. The maximum atomic E-state index is 13.5. The monoisotopic (exact) mass is 296 g/mol. The molecule has 0 unspecified atom stereocenters. The second-order valence-electron chi connectivity index (χ2n) is 4.10. The number of carbonyl (C=O) groups excluding carboxylic acids is 1. The molecule has 0 bridgehead atoms. The SMILES string of the molecule is COc1cccc(C(=O)Nc2ccc(F)c(F)c2F)c1N. The van der Waals surface area contributed by atoms with E-state index in [1.54, 1.807) is 6.07 Å². The first-order valence-electron chi connectivity index (χ1n) is 5.83. The third-order valence-electron chi connectivity index (χ3n) is 2.81. The fourth-order valence-corrected chi connectivity index (χ4v) is 1.73. The molecule has 110 valence electrons. The first-order chi connectivity index (χ1) is 9.95. The van der Waals surface area contributed by atoms with Crippen LogP contribution >= 0.6 is 0 Å². The summed E-state index contributed by atoms with van der Waals surface area (Å²) < 4.78 is 44.4. The lowest BCUT2D eigenvalue weighted by atomic mass is 10.1.